The number of amides is 3. The third-order valence-corrected chi connectivity index (χ3v) is 9.12. The van der Waals surface area contributed by atoms with Crippen molar-refractivity contribution < 1.29 is 29.0 Å². The van der Waals surface area contributed by atoms with E-state index in [-0.39, 0.29) is 48.4 Å². The van der Waals surface area contributed by atoms with Gasteiger partial charge in [0, 0.05) is 49.8 Å². The Morgan fingerprint density at radius 1 is 1.02 bits per heavy atom. The lowest BCUT2D eigenvalue weighted by molar-refractivity contribution is -0.120. The molecule has 9 heteroatoms. The number of benzene rings is 2. The van der Waals surface area contributed by atoms with E-state index in [0.29, 0.717) is 42.3 Å². The van der Waals surface area contributed by atoms with Crippen molar-refractivity contribution in [3.63, 3.8) is 0 Å². The number of rotatable bonds is 7. The van der Waals surface area contributed by atoms with Crippen LogP contribution in [0.25, 0.3) is 0 Å². The smallest absolute Gasteiger partial charge is 0.258 e. The molecule has 0 aromatic heterocycles. The molecule has 4 atom stereocenters. The van der Waals surface area contributed by atoms with E-state index in [2.05, 4.69) is 5.32 Å². The second-order valence-corrected chi connectivity index (χ2v) is 12.9. The lowest BCUT2D eigenvalue weighted by Gasteiger charge is -2.36. The van der Waals surface area contributed by atoms with E-state index in [4.69, 9.17) is 9.47 Å². The largest absolute Gasteiger partial charge is 0.490 e. The minimum atomic E-state index is -0.483. The molecule has 0 radical (unpaired) electrons. The van der Waals surface area contributed by atoms with Crippen LogP contribution >= 0.6 is 0 Å². The molecule has 1 saturated carbocycles. The van der Waals surface area contributed by atoms with Gasteiger partial charge in [-0.1, -0.05) is 44.4 Å². The number of fused-ring (bicyclic) bond motifs is 1. The molecule has 1 fully saturated rings. The van der Waals surface area contributed by atoms with Gasteiger partial charge in [-0.05, 0) is 76.3 Å². The number of hydrogen-bond acceptors (Lipinski definition) is 6. The number of likely N-dealkylation sites (N-methyl/N-ethyl adjacent to an activating group) is 1. The van der Waals surface area contributed by atoms with E-state index in [1.54, 1.807) is 47.2 Å². The van der Waals surface area contributed by atoms with Gasteiger partial charge in [-0.15, -0.1) is 0 Å². The zero-order chi connectivity index (χ0) is 32.3. The number of hydrogen-bond donors (Lipinski definition) is 2. The topological polar surface area (TPSA) is 108 Å². The number of anilines is 1. The summed E-state index contributed by atoms with van der Waals surface area (Å²) in [5.74, 6) is -0.108. The van der Waals surface area contributed by atoms with Gasteiger partial charge >= 0.3 is 0 Å². The Kier molecular flexibility index (Phi) is 12.8. The summed E-state index contributed by atoms with van der Waals surface area (Å²) < 4.78 is 12.7. The van der Waals surface area contributed by atoms with Crippen molar-refractivity contribution >= 4 is 23.4 Å². The second kappa shape index (κ2) is 16.8. The van der Waals surface area contributed by atoms with Crippen LogP contribution in [0.15, 0.2) is 48.5 Å². The summed E-state index contributed by atoms with van der Waals surface area (Å²) in [5, 5.41) is 13.3. The standard InChI is InChI=1S/C36H51N3O6/c1-25-22-39(26(2)24-40)36(43)31-21-30(37-34(41)28-14-7-5-8-15-28)18-19-32(31)45-27(3)13-11-12-20-44-33(25)23-38(4)35(42)29-16-9-6-10-17-29/h6,9-10,16-19,21,25-28,33,40H,5,7-8,11-15,20,22-24H2,1-4H3,(H,37,41)/t25-,26+,27+,33-/m1/s1. The van der Waals surface area contributed by atoms with Gasteiger partial charge in [0.05, 0.1) is 30.4 Å². The Hall–Kier alpha value is -3.43. The van der Waals surface area contributed by atoms with E-state index in [0.717, 1.165) is 51.4 Å². The number of nitrogens with one attached hydrogen (secondary N) is 1. The molecule has 2 N–H and O–H groups in total. The second-order valence-electron chi connectivity index (χ2n) is 12.9. The van der Waals surface area contributed by atoms with Crippen LogP contribution in [0, 0.1) is 11.8 Å². The molecule has 0 bridgehead atoms. The predicted octanol–water partition coefficient (Wildman–Crippen LogP) is 5.77. The fourth-order valence-electron chi connectivity index (χ4n) is 6.23. The first-order valence-corrected chi connectivity index (χ1v) is 16.6. The molecular weight excluding hydrogens is 570 g/mol. The molecule has 1 heterocycles. The molecule has 0 spiro atoms. The minimum Gasteiger partial charge on any atom is -0.490 e. The lowest BCUT2D eigenvalue weighted by Crippen LogP contribution is -2.48. The maximum absolute atomic E-state index is 14.3. The number of aliphatic hydroxyl groups excluding tert-OH is 1. The fourth-order valence-corrected chi connectivity index (χ4v) is 6.23. The Balaban J connectivity index is 1.61. The molecule has 3 amide bonds. The Bertz CT molecular complexity index is 1260. The summed E-state index contributed by atoms with van der Waals surface area (Å²) in [6.45, 7) is 6.78. The third-order valence-electron chi connectivity index (χ3n) is 9.12. The summed E-state index contributed by atoms with van der Waals surface area (Å²) in [7, 11) is 1.77. The molecule has 45 heavy (non-hydrogen) atoms. The molecule has 0 saturated heterocycles. The normalized spacial score (nSPS) is 22.8. The van der Waals surface area contributed by atoms with Crippen LogP contribution in [-0.4, -0.2) is 84.2 Å². The Morgan fingerprint density at radius 3 is 2.44 bits per heavy atom. The molecule has 1 aliphatic carbocycles. The van der Waals surface area contributed by atoms with Gasteiger partial charge in [-0.25, -0.2) is 0 Å². The highest BCUT2D eigenvalue weighted by molar-refractivity contribution is 6.00. The minimum absolute atomic E-state index is 0.0133. The molecule has 1 aliphatic heterocycles. The van der Waals surface area contributed by atoms with Gasteiger partial charge in [0.15, 0.2) is 0 Å². The Labute approximate surface area is 268 Å². The van der Waals surface area contributed by atoms with Gasteiger partial charge in [-0.3, -0.25) is 14.4 Å². The monoisotopic (exact) mass is 621 g/mol. The van der Waals surface area contributed by atoms with Crippen molar-refractivity contribution in [2.24, 2.45) is 11.8 Å². The van der Waals surface area contributed by atoms with Gasteiger partial charge in [0.25, 0.3) is 11.8 Å². The first-order chi connectivity index (χ1) is 21.7. The quantitative estimate of drug-likeness (QED) is 0.406. The summed E-state index contributed by atoms with van der Waals surface area (Å²) in [5.41, 5.74) is 1.51. The van der Waals surface area contributed by atoms with Crippen LogP contribution in [0.3, 0.4) is 0 Å². The van der Waals surface area contributed by atoms with Crippen LogP contribution in [-0.2, 0) is 9.53 Å². The summed E-state index contributed by atoms with van der Waals surface area (Å²) >= 11 is 0. The van der Waals surface area contributed by atoms with Crippen molar-refractivity contribution in [3.8, 4) is 5.75 Å². The predicted molar refractivity (Wildman–Crippen MR) is 175 cm³/mol. The third kappa shape index (κ3) is 9.53. The zero-order valence-electron chi connectivity index (χ0n) is 27.4. The van der Waals surface area contributed by atoms with Gasteiger partial charge in [0.1, 0.15) is 5.75 Å². The van der Waals surface area contributed by atoms with Crippen molar-refractivity contribution in [3.05, 3.63) is 59.7 Å². The van der Waals surface area contributed by atoms with Crippen molar-refractivity contribution in [1.29, 1.82) is 0 Å². The number of carbonyl (C=O) groups excluding carboxylic acids is 3. The van der Waals surface area contributed by atoms with E-state index >= 15 is 0 Å². The molecule has 9 nitrogen and oxygen atoms in total. The van der Waals surface area contributed by atoms with Crippen LogP contribution in [0.2, 0.25) is 0 Å². The highest BCUT2D eigenvalue weighted by Crippen LogP contribution is 2.30. The number of ether oxygens (including phenoxy) is 2. The van der Waals surface area contributed by atoms with E-state index in [1.807, 2.05) is 39.0 Å². The zero-order valence-corrected chi connectivity index (χ0v) is 27.4. The number of nitrogens with zero attached hydrogens (tertiary/aromatic N) is 2. The van der Waals surface area contributed by atoms with Gasteiger partial charge < -0.3 is 29.7 Å². The Morgan fingerprint density at radius 2 is 1.73 bits per heavy atom. The van der Waals surface area contributed by atoms with Crippen LogP contribution in [0.1, 0.15) is 92.9 Å². The first-order valence-electron chi connectivity index (χ1n) is 16.6. The molecule has 246 valence electrons. The van der Waals surface area contributed by atoms with Crippen molar-refractivity contribution in [2.45, 2.75) is 90.4 Å². The maximum atomic E-state index is 14.3. The van der Waals surface area contributed by atoms with E-state index < -0.39 is 6.04 Å². The highest BCUT2D eigenvalue weighted by Gasteiger charge is 2.31. The lowest BCUT2D eigenvalue weighted by atomic mass is 9.88. The van der Waals surface area contributed by atoms with E-state index in [9.17, 15) is 19.5 Å². The number of aliphatic hydroxyl groups is 1. The SMILES string of the molecule is C[C@@H]1CN([C@@H](C)CO)C(=O)c2cc(NC(=O)C3CCCCC3)ccc2O[C@@H](C)CCCCO[C@@H]1CN(C)C(=O)c1ccccc1. The maximum Gasteiger partial charge on any atom is 0.258 e. The van der Waals surface area contributed by atoms with Crippen molar-refractivity contribution in [1.82, 2.24) is 9.80 Å². The van der Waals surface area contributed by atoms with Crippen molar-refractivity contribution in [2.75, 3.05) is 38.7 Å². The van der Waals surface area contributed by atoms with Crippen LogP contribution in [0.4, 0.5) is 5.69 Å². The van der Waals surface area contributed by atoms with Crippen LogP contribution in [0.5, 0.6) is 5.75 Å². The summed E-state index contributed by atoms with van der Waals surface area (Å²) in [4.78, 5) is 43.9. The molecule has 4 rings (SSSR count). The molecule has 0 unspecified atom stereocenters. The molecular formula is C36H51N3O6. The van der Waals surface area contributed by atoms with Crippen LogP contribution < -0.4 is 10.1 Å². The summed E-state index contributed by atoms with van der Waals surface area (Å²) in [6.07, 6.45) is 7.05. The summed E-state index contributed by atoms with van der Waals surface area (Å²) in [6, 6.07) is 14.0. The molecule has 2 aliphatic rings. The number of carbonyl (C=O) groups is 3. The fraction of sp³-hybridized carbons (Fsp3) is 0.583. The average molecular weight is 622 g/mol. The molecule has 2 aromatic carbocycles. The average Bonchev–Trinajstić information content (AvgIpc) is 3.06. The molecule has 2 aromatic rings. The van der Waals surface area contributed by atoms with Gasteiger partial charge in [0.2, 0.25) is 5.91 Å². The first kappa shape index (κ1) is 34.4. The van der Waals surface area contributed by atoms with Gasteiger partial charge in [-0.2, -0.15) is 0 Å². The highest BCUT2D eigenvalue weighted by atomic mass is 16.5. The van der Waals surface area contributed by atoms with E-state index in [1.165, 1.54) is 0 Å².